The van der Waals surface area contributed by atoms with Crippen molar-refractivity contribution in [2.75, 3.05) is 13.7 Å². The van der Waals surface area contributed by atoms with Crippen LogP contribution in [0.25, 0.3) is 11.6 Å². The average Bonchev–Trinajstić information content (AvgIpc) is 2.94. The zero-order chi connectivity index (χ0) is 13.2. The Morgan fingerprint density at radius 3 is 3.11 bits per heavy atom. The minimum atomic E-state index is -0.0865. The molecule has 0 spiro atoms. The quantitative estimate of drug-likeness (QED) is 0.804. The van der Waals surface area contributed by atoms with E-state index in [1.165, 1.54) is 0 Å². The summed E-state index contributed by atoms with van der Waals surface area (Å²) in [6.45, 7) is 1.11. The van der Waals surface area contributed by atoms with Crippen LogP contribution in [0.4, 0.5) is 0 Å². The Morgan fingerprint density at radius 1 is 1.58 bits per heavy atom. The van der Waals surface area contributed by atoms with Crippen LogP contribution in [0, 0.1) is 5.92 Å². The Hall–Kier alpha value is -1.80. The summed E-state index contributed by atoms with van der Waals surface area (Å²) in [5.74, 6) is 1.44. The standard InChI is InChI=1S/C11H16N6O2/c1-18-9(7-2-3-7)10-13-11(19-15-10)8-6-17(5-4-12)16-14-8/h6-7,9H,2-5,12H2,1H3. The van der Waals surface area contributed by atoms with Crippen LogP contribution in [0.2, 0.25) is 0 Å². The van der Waals surface area contributed by atoms with Gasteiger partial charge in [0.05, 0.1) is 12.7 Å². The average molecular weight is 264 g/mol. The summed E-state index contributed by atoms with van der Waals surface area (Å²) in [6.07, 6.45) is 3.95. The maximum Gasteiger partial charge on any atom is 0.280 e. The zero-order valence-electron chi connectivity index (χ0n) is 10.7. The third-order valence-electron chi connectivity index (χ3n) is 3.12. The van der Waals surface area contributed by atoms with Gasteiger partial charge in [0.2, 0.25) is 5.82 Å². The second kappa shape index (κ2) is 5.06. The first kappa shape index (κ1) is 12.2. The summed E-state index contributed by atoms with van der Waals surface area (Å²) in [4.78, 5) is 4.34. The first-order chi connectivity index (χ1) is 9.31. The normalized spacial score (nSPS) is 16.7. The van der Waals surface area contributed by atoms with Gasteiger partial charge in [0.25, 0.3) is 5.89 Å². The largest absolute Gasteiger partial charge is 0.373 e. The first-order valence-corrected chi connectivity index (χ1v) is 6.28. The first-order valence-electron chi connectivity index (χ1n) is 6.28. The summed E-state index contributed by atoms with van der Waals surface area (Å²) in [5, 5.41) is 11.9. The highest BCUT2D eigenvalue weighted by molar-refractivity contribution is 5.43. The van der Waals surface area contributed by atoms with Crippen molar-refractivity contribution in [3.05, 3.63) is 12.0 Å². The van der Waals surface area contributed by atoms with Gasteiger partial charge in [-0.15, -0.1) is 5.10 Å². The van der Waals surface area contributed by atoms with Gasteiger partial charge in [0.15, 0.2) is 5.69 Å². The van der Waals surface area contributed by atoms with Crippen molar-refractivity contribution in [1.29, 1.82) is 0 Å². The van der Waals surface area contributed by atoms with Gasteiger partial charge in [0, 0.05) is 13.7 Å². The van der Waals surface area contributed by atoms with E-state index in [4.69, 9.17) is 15.0 Å². The number of rotatable bonds is 6. The maximum atomic E-state index is 5.45. The summed E-state index contributed by atoms with van der Waals surface area (Å²) in [6, 6.07) is 0. The van der Waals surface area contributed by atoms with Gasteiger partial charge < -0.3 is 15.0 Å². The molecular weight excluding hydrogens is 248 g/mol. The topological polar surface area (TPSA) is 105 Å². The van der Waals surface area contributed by atoms with Crippen LogP contribution in [0.15, 0.2) is 10.7 Å². The highest BCUT2D eigenvalue weighted by atomic mass is 16.5. The molecule has 19 heavy (non-hydrogen) atoms. The van der Waals surface area contributed by atoms with E-state index < -0.39 is 0 Å². The molecule has 2 aromatic rings. The molecule has 1 aliphatic carbocycles. The minimum absolute atomic E-state index is 0.0865. The third kappa shape index (κ3) is 2.49. The van der Waals surface area contributed by atoms with Crippen LogP contribution < -0.4 is 5.73 Å². The van der Waals surface area contributed by atoms with Crippen LogP contribution in [-0.4, -0.2) is 38.8 Å². The number of aromatic nitrogens is 5. The van der Waals surface area contributed by atoms with E-state index >= 15 is 0 Å². The lowest BCUT2D eigenvalue weighted by Crippen LogP contribution is -2.10. The van der Waals surface area contributed by atoms with E-state index in [1.54, 1.807) is 18.0 Å². The van der Waals surface area contributed by atoms with Gasteiger partial charge >= 0.3 is 0 Å². The molecule has 0 saturated heterocycles. The van der Waals surface area contributed by atoms with Crippen molar-refractivity contribution < 1.29 is 9.26 Å². The summed E-state index contributed by atoms with van der Waals surface area (Å²) in [5.41, 5.74) is 6.01. The lowest BCUT2D eigenvalue weighted by atomic mass is 10.2. The molecule has 2 aromatic heterocycles. The van der Waals surface area contributed by atoms with Crippen LogP contribution in [0.1, 0.15) is 24.8 Å². The number of methoxy groups -OCH3 is 1. The van der Waals surface area contributed by atoms with Gasteiger partial charge in [-0.3, -0.25) is 4.68 Å². The van der Waals surface area contributed by atoms with Crippen LogP contribution >= 0.6 is 0 Å². The zero-order valence-corrected chi connectivity index (χ0v) is 10.7. The molecule has 1 unspecified atom stereocenters. The van der Waals surface area contributed by atoms with Crippen molar-refractivity contribution >= 4 is 0 Å². The second-order valence-corrected chi connectivity index (χ2v) is 4.61. The Balaban J connectivity index is 1.79. The summed E-state index contributed by atoms with van der Waals surface area (Å²) in [7, 11) is 1.66. The number of hydrogen-bond acceptors (Lipinski definition) is 7. The number of ether oxygens (including phenoxy) is 1. The predicted octanol–water partition coefficient (Wildman–Crippen LogP) is 0.384. The lowest BCUT2D eigenvalue weighted by molar-refractivity contribution is 0.0751. The van der Waals surface area contributed by atoms with Gasteiger partial charge in [0.1, 0.15) is 6.10 Å². The Labute approximate surface area is 109 Å². The van der Waals surface area contributed by atoms with E-state index in [-0.39, 0.29) is 6.10 Å². The third-order valence-corrected chi connectivity index (χ3v) is 3.12. The molecular formula is C11H16N6O2. The second-order valence-electron chi connectivity index (χ2n) is 4.61. The lowest BCUT2D eigenvalue weighted by Gasteiger charge is -2.07. The fraction of sp³-hybridized carbons (Fsp3) is 0.636. The molecule has 1 aliphatic rings. The highest BCUT2D eigenvalue weighted by Crippen LogP contribution is 2.42. The molecule has 1 saturated carbocycles. The van der Waals surface area contributed by atoms with Crippen molar-refractivity contribution in [1.82, 2.24) is 25.1 Å². The Kier molecular flexibility index (Phi) is 3.26. The van der Waals surface area contributed by atoms with Crippen molar-refractivity contribution in [3.63, 3.8) is 0 Å². The van der Waals surface area contributed by atoms with E-state index in [9.17, 15) is 0 Å². The SMILES string of the molecule is COC(c1noc(-c2cn(CCN)nn2)n1)C1CC1. The van der Waals surface area contributed by atoms with Crippen LogP contribution in [0.5, 0.6) is 0 Å². The molecule has 3 rings (SSSR count). The van der Waals surface area contributed by atoms with Crippen LogP contribution in [0.3, 0.4) is 0 Å². The van der Waals surface area contributed by atoms with Gasteiger partial charge in [-0.2, -0.15) is 4.98 Å². The Morgan fingerprint density at radius 2 is 2.42 bits per heavy atom. The van der Waals surface area contributed by atoms with Gasteiger partial charge in [-0.05, 0) is 18.8 Å². The van der Waals surface area contributed by atoms with E-state index in [2.05, 4.69) is 20.5 Å². The summed E-state index contributed by atoms with van der Waals surface area (Å²) < 4.78 is 12.3. The monoisotopic (exact) mass is 264 g/mol. The molecule has 2 N–H and O–H groups in total. The molecule has 1 fully saturated rings. The molecule has 0 bridgehead atoms. The minimum Gasteiger partial charge on any atom is -0.373 e. The van der Waals surface area contributed by atoms with Crippen LogP contribution in [-0.2, 0) is 11.3 Å². The van der Waals surface area contributed by atoms with Gasteiger partial charge in [-0.25, -0.2) is 0 Å². The molecule has 8 nitrogen and oxygen atoms in total. The number of nitrogens with two attached hydrogens (primary N) is 1. The predicted molar refractivity (Wildman–Crippen MR) is 64.8 cm³/mol. The molecule has 0 amide bonds. The fourth-order valence-electron chi connectivity index (χ4n) is 2.00. The van der Waals surface area contributed by atoms with Gasteiger partial charge in [-0.1, -0.05) is 10.4 Å². The smallest absolute Gasteiger partial charge is 0.280 e. The summed E-state index contributed by atoms with van der Waals surface area (Å²) >= 11 is 0. The maximum absolute atomic E-state index is 5.45. The molecule has 8 heteroatoms. The molecule has 102 valence electrons. The van der Waals surface area contributed by atoms with Crippen molar-refractivity contribution in [2.24, 2.45) is 11.7 Å². The van der Waals surface area contributed by atoms with E-state index in [0.717, 1.165) is 12.8 Å². The highest BCUT2D eigenvalue weighted by Gasteiger charge is 2.35. The number of nitrogens with zero attached hydrogens (tertiary/aromatic N) is 5. The molecule has 0 aliphatic heterocycles. The molecule has 0 radical (unpaired) electrons. The molecule has 0 aromatic carbocycles. The number of hydrogen-bond donors (Lipinski definition) is 1. The Bertz CT molecular complexity index is 547. The molecule has 2 heterocycles. The van der Waals surface area contributed by atoms with E-state index in [1.807, 2.05) is 0 Å². The fourth-order valence-corrected chi connectivity index (χ4v) is 2.00. The van der Waals surface area contributed by atoms with Crippen molar-refractivity contribution in [2.45, 2.75) is 25.5 Å². The van der Waals surface area contributed by atoms with E-state index in [0.29, 0.717) is 36.4 Å². The molecule has 1 atom stereocenters. The van der Waals surface area contributed by atoms with Crippen molar-refractivity contribution in [3.8, 4) is 11.6 Å².